The first-order chi connectivity index (χ1) is 22.6. The van der Waals surface area contributed by atoms with Gasteiger partial charge in [0.05, 0.1) is 26.3 Å². The Kier molecular flexibility index (Phi) is 15.8. The van der Waals surface area contributed by atoms with Crippen LogP contribution < -0.4 is 36.5 Å². The van der Waals surface area contributed by atoms with E-state index >= 15 is 0 Å². The highest BCUT2D eigenvalue weighted by molar-refractivity contribution is 5.96. The second-order valence-corrected chi connectivity index (χ2v) is 12.3. The monoisotopic (exact) mass is 671 g/mol. The minimum atomic E-state index is -1.71. The fourth-order valence-corrected chi connectivity index (χ4v) is 4.84. The summed E-state index contributed by atoms with van der Waals surface area (Å²) >= 11 is 0. The second kappa shape index (κ2) is 19.2. The van der Waals surface area contributed by atoms with Crippen LogP contribution in [0.15, 0.2) is 48.5 Å². The Bertz CT molecular complexity index is 1360. The van der Waals surface area contributed by atoms with Gasteiger partial charge in [-0.05, 0) is 36.7 Å². The van der Waals surface area contributed by atoms with E-state index < -0.39 is 65.8 Å². The van der Waals surface area contributed by atoms with E-state index in [1.165, 1.54) is 14.2 Å². The van der Waals surface area contributed by atoms with Crippen molar-refractivity contribution in [3.05, 3.63) is 54.1 Å². The van der Waals surface area contributed by atoms with E-state index in [1.54, 1.807) is 56.3 Å². The Balaban J connectivity index is 2.29. The summed E-state index contributed by atoms with van der Waals surface area (Å²) in [7, 11) is 2.92. The Morgan fingerprint density at radius 1 is 0.812 bits per heavy atom. The lowest BCUT2D eigenvalue weighted by molar-refractivity contribution is -0.137. The number of hydrogen-bond donors (Lipinski definition) is 7. The van der Waals surface area contributed by atoms with Crippen LogP contribution in [-0.2, 0) is 30.4 Å². The number of aliphatic hydroxyl groups is 1. The van der Waals surface area contributed by atoms with Crippen LogP contribution in [0.1, 0.15) is 52.5 Å². The number of amides is 4. The predicted octanol–water partition coefficient (Wildman–Crippen LogP) is 1.59. The smallest absolute Gasteiger partial charge is 0.303 e. The van der Waals surface area contributed by atoms with Crippen molar-refractivity contribution in [3.63, 3.8) is 0 Å². The van der Waals surface area contributed by atoms with Crippen molar-refractivity contribution in [2.24, 2.45) is 17.6 Å². The molecule has 0 unspecified atom stereocenters. The molecule has 5 atom stereocenters. The zero-order valence-electron chi connectivity index (χ0n) is 28.3. The molecule has 14 nitrogen and oxygen atoms in total. The zero-order chi connectivity index (χ0) is 36.0. The molecule has 0 saturated carbocycles. The van der Waals surface area contributed by atoms with Crippen molar-refractivity contribution < 1.29 is 43.7 Å². The van der Waals surface area contributed by atoms with Crippen LogP contribution in [0, 0.1) is 11.8 Å². The maximum atomic E-state index is 13.8. The number of benzene rings is 2. The fraction of sp³-hybridized carbons (Fsp3) is 0.500. The van der Waals surface area contributed by atoms with E-state index in [1.807, 2.05) is 19.9 Å². The maximum absolute atomic E-state index is 13.8. The van der Waals surface area contributed by atoms with Gasteiger partial charge in [0.25, 0.3) is 5.91 Å². The van der Waals surface area contributed by atoms with E-state index in [4.69, 9.17) is 20.3 Å². The van der Waals surface area contributed by atoms with Gasteiger partial charge in [0, 0.05) is 30.3 Å². The molecule has 48 heavy (non-hydrogen) atoms. The lowest BCUT2D eigenvalue weighted by Crippen LogP contribution is -2.59. The number of carboxylic acids is 1. The molecule has 0 aromatic heterocycles. The van der Waals surface area contributed by atoms with Gasteiger partial charge >= 0.3 is 5.97 Å². The van der Waals surface area contributed by atoms with E-state index in [-0.39, 0.29) is 31.6 Å². The molecule has 0 bridgehead atoms. The molecule has 2 rings (SSSR count). The first kappa shape index (κ1) is 39.5. The third kappa shape index (κ3) is 12.8. The number of methoxy groups -OCH3 is 2. The first-order valence-corrected chi connectivity index (χ1v) is 15.8. The van der Waals surface area contributed by atoms with Gasteiger partial charge in [-0.25, -0.2) is 0 Å². The molecule has 0 aliphatic carbocycles. The van der Waals surface area contributed by atoms with Gasteiger partial charge in [-0.1, -0.05) is 58.0 Å². The van der Waals surface area contributed by atoms with Gasteiger partial charge in [0.15, 0.2) is 6.10 Å². The molecule has 0 aliphatic heterocycles. The lowest BCUT2D eigenvalue weighted by atomic mass is 9.97. The standard InChI is InChI=1S/C34H49N5O9/c1-19(2)14-27(38-33(45)29(20(3)4)39-31(43)25(35)12-13-28(40)41)32(44)37-26(15-21-10-8-7-9-11-21)30(42)34(46)36-22-16-23(47-5)18-24(17-22)48-6/h7-11,16-20,25-27,29-30,42H,12-15,35H2,1-6H3,(H,36,46)(H,37,44)(H,38,45)(H,39,43)(H,40,41)/t25-,26-,27-,29-,30+/m0/s1. The van der Waals surface area contributed by atoms with Crippen LogP contribution in [0.4, 0.5) is 5.69 Å². The topological polar surface area (TPSA) is 218 Å². The third-order valence-electron chi connectivity index (χ3n) is 7.49. The molecule has 0 spiro atoms. The molecule has 0 aliphatic rings. The van der Waals surface area contributed by atoms with Crippen LogP contribution >= 0.6 is 0 Å². The van der Waals surface area contributed by atoms with Gasteiger partial charge in [0.2, 0.25) is 17.7 Å². The average Bonchev–Trinajstić information content (AvgIpc) is 3.04. The highest BCUT2D eigenvalue weighted by Crippen LogP contribution is 2.26. The van der Waals surface area contributed by atoms with Gasteiger partial charge < -0.3 is 46.7 Å². The summed E-state index contributed by atoms with van der Waals surface area (Å²) in [5.41, 5.74) is 6.88. The molecule has 4 amide bonds. The molecular weight excluding hydrogens is 622 g/mol. The number of anilines is 1. The molecule has 0 saturated heterocycles. The molecule has 0 heterocycles. The number of nitrogens with two attached hydrogens (primary N) is 1. The van der Waals surface area contributed by atoms with Crippen molar-refractivity contribution in [2.75, 3.05) is 19.5 Å². The molecule has 14 heteroatoms. The third-order valence-corrected chi connectivity index (χ3v) is 7.49. The quantitative estimate of drug-likeness (QED) is 0.114. The minimum absolute atomic E-state index is 0.0542. The largest absolute Gasteiger partial charge is 0.497 e. The van der Waals surface area contributed by atoms with Crippen molar-refractivity contribution >= 4 is 35.3 Å². The SMILES string of the molecule is COc1cc(NC(=O)[C@H](O)[C@H](Cc2ccccc2)NC(=O)[C@H](CC(C)C)NC(=O)[C@@H](NC(=O)[C@@H](N)CCC(=O)O)C(C)C)cc(OC)c1. The van der Waals surface area contributed by atoms with Crippen LogP contribution in [0.25, 0.3) is 0 Å². The molecule has 264 valence electrons. The van der Waals surface area contributed by atoms with Gasteiger partial charge in [-0.15, -0.1) is 0 Å². The number of carboxylic acid groups (broad SMARTS) is 1. The number of aliphatic carboxylic acids is 1. The summed E-state index contributed by atoms with van der Waals surface area (Å²) in [4.78, 5) is 64.1. The average molecular weight is 672 g/mol. The van der Waals surface area contributed by atoms with Crippen molar-refractivity contribution in [1.29, 1.82) is 0 Å². The van der Waals surface area contributed by atoms with Crippen molar-refractivity contribution in [3.8, 4) is 11.5 Å². The Morgan fingerprint density at radius 2 is 1.42 bits per heavy atom. The highest BCUT2D eigenvalue weighted by Gasteiger charge is 2.34. The van der Waals surface area contributed by atoms with Crippen LogP contribution in [0.5, 0.6) is 11.5 Å². The lowest BCUT2D eigenvalue weighted by Gasteiger charge is -2.29. The number of nitrogens with one attached hydrogen (secondary N) is 4. The van der Waals surface area contributed by atoms with Gasteiger partial charge in [-0.3, -0.25) is 24.0 Å². The number of rotatable bonds is 19. The summed E-state index contributed by atoms with van der Waals surface area (Å²) in [6.45, 7) is 7.13. The molecular formula is C34H49N5O9. The maximum Gasteiger partial charge on any atom is 0.303 e. The van der Waals surface area contributed by atoms with Crippen molar-refractivity contribution in [1.82, 2.24) is 16.0 Å². The number of ether oxygens (including phenoxy) is 2. The number of hydrogen-bond acceptors (Lipinski definition) is 9. The Hall–Kier alpha value is -4.69. The summed E-state index contributed by atoms with van der Waals surface area (Å²) < 4.78 is 10.5. The normalized spacial score (nSPS) is 14.2. The summed E-state index contributed by atoms with van der Waals surface area (Å²) in [5, 5.41) is 30.9. The number of carbonyl (C=O) groups is 5. The first-order valence-electron chi connectivity index (χ1n) is 15.8. The van der Waals surface area contributed by atoms with Crippen LogP contribution in [-0.4, -0.2) is 84.3 Å². The predicted molar refractivity (Wildman–Crippen MR) is 179 cm³/mol. The van der Waals surface area contributed by atoms with Gasteiger partial charge in [0.1, 0.15) is 23.6 Å². The summed E-state index contributed by atoms with van der Waals surface area (Å²) in [6, 6.07) is 9.29. The molecule has 0 radical (unpaired) electrons. The van der Waals surface area contributed by atoms with Crippen LogP contribution in [0.3, 0.4) is 0 Å². The summed E-state index contributed by atoms with van der Waals surface area (Å²) in [5.74, 6) is -3.51. The fourth-order valence-electron chi connectivity index (χ4n) is 4.84. The second-order valence-electron chi connectivity index (χ2n) is 12.3. The number of carbonyl (C=O) groups excluding carboxylic acids is 4. The molecule has 2 aromatic rings. The van der Waals surface area contributed by atoms with E-state index in [0.717, 1.165) is 5.56 Å². The van der Waals surface area contributed by atoms with E-state index in [2.05, 4.69) is 21.3 Å². The van der Waals surface area contributed by atoms with Crippen LogP contribution in [0.2, 0.25) is 0 Å². The number of aliphatic hydroxyl groups excluding tert-OH is 1. The molecule has 8 N–H and O–H groups in total. The minimum Gasteiger partial charge on any atom is -0.497 e. The summed E-state index contributed by atoms with van der Waals surface area (Å²) in [6.07, 6.45) is -1.85. The highest BCUT2D eigenvalue weighted by atomic mass is 16.5. The molecule has 0 fully saturated rings. The van der Waals surface area contributed by atoms with E-state index in [0.29, 0.717) is 17.2 Å². The molecule has 2 aromatic carbocycles. The van der Waals surface area contributed by atoms with Gasteiger partial charge in [-0.2, -0.15) is 0 Å². The Labute approximate surface area is 281 Å². The zero-order valence-corrected chi connectivity index (χ0v) is 28.3. The van der Waals surface area contributed by atoms with Crippen molar-refractivity contribution in [2.45, 2.75) is 83.6 Å². The Morgan fingerprint density at radius 3 is 1.94 bits per heavy atom. The van der Waals surface area contributed by atoms with E-state index in [9.17, 15) is 29.1 Å².